The molecule has 4 rings (SSSR count). The Morgan fingerprint density at radius 2 is 1.97 bits per heavy atom. The van der Waals surface area contributed by atoms with E-state index >= 15 is 0 Å². The van der Waals surface area contributed by atoms with Gasteiger partial charge in [0.1, 0.15) is 11.2 Å². The van der Waals surface area contributed by atoms with Crippen LogP contribution in [0.2, 0.25) is 0 Å². The van der Waals surface area contributed by atoms with Crippen LogP contribution in [0.25, 0.3) is 11.0 Å². The van der Waals surface area contributed by atoms with Gasteiger partial charge in [-0.2, -0.15) is 0 Å². The molecule has 1 fully saturated rings. The maximum Gasteiger partial charge on any atom is 0.257 e. The zero-order valence-electron chi connectivity index (χ0n) is 16.8. The number of aromatic nitrogens is 2. The van der Waals surface area contributed by atoms with Crippen LogP contribution in [0.3, 0.4) is 0 Å². The van der Waals surface area contributed by atoms with E-state index in [9.17, 15) is 14.0 Å². The summed E-state index contributed by atoms with van der Waals surface area (Å²) in [6, 6.07) is 10.6. The summed E-state index contributed by atoms with van der Waals surface area (Å²) < 4.78 is 16.6. The lowest BCUT2D eigenvalue weighted by Gasteiger charge is -2.29. The largest absolute Gasteiger partial charge is 0.352 e. The number of halogens is 1. The topological polar surface area (TPSA) is 79.3 Å². The first-order valence-corrected chi connectivity index (χ1v) is 10.1. The monoisotopic (exact) mass is 409 g/mol. The molecule has 1 aliphatic heterocycles. The van der Waals surface area contributed by atoms with Crippen LogP contribution in [0.15, 0.2) is 47.4 Å². The number of nitrogens with zero attached hydrogens (tertiary/aromatic N) is 3. The number of hydrogen-bond donors (Lipinski definition) is 2. The third-order valence-electron chi connectivity index (χ3n) is 5.28. The summed E-state index contributed by atoms with van der Waals surface area (Å²) in [5, 5.41) is 6.10. The maximum absolute atomic E-state index is 14.8. The zero-order valence-corrected chi connectivity index (χ0v) is 16.8. The summed E-state index contributed by atoms with van der Waals surface area (Å²) in [5.74, 6) is -0.794. The molecule has 2 N–H and O–H groups in total. The molecule has 2 aromatic heterocycles. The summed E-state index contributed by atoms with van der Waals surface area (Å²) in [6.07, 6.45) is 1.51. The molecule has 1 saturated heterocycles. The Labute approximate surface area is 173 Å². The number of benzene rings is 1. The Balaban J connectivity index is 1.71. The van der Waals surface area contributed by atoms with E-state index in [0.29, 0.717) is 31.8 Å². The third kappa shape index (κ3) is 3.91. The SMILES string of the molecule is CCn1cc(C(=O)NCc2ccccc2)c(=O)c2cc(F)c(N3CCNCC3)nc21. The molecule has 0 radical (unpaired) electrons. The minimum absolute atomic E-state index is 0.0172. The van der Waals surface area contributed by atoms with Gasteiger partial charge in [0.05, 0.1) is 5.39 Å². The Bertz CT molecular complexity index is 1120. The molecule has 1 amide bonds. The van der Waals surface area contributed by atoms with E-state index in [0.717, 1.165) is 18.7 Å². The molecule has 3 heterocycles. The van der Waals surface area contributed by atoms with Gasteiger partial charge in [0.2, 0.25) is 5.43 Å². The maximum atomic E-state index is 14.8. The normalized spacial score (nSPS) is 14.1. The predicted molar refractivity (Wildman–Crippen MR) is 114 cm³/mol. The van der Waals surface area contributed by atoms with Crippen molar-refractivity contribution in [3.63, 3.8) is 0 Å². The van der Waals surface area contributed by atoms with E-state index in [-0.39, 0.29) is 16.8 Å². The Kier molecular flexibility index (Phi) is 5.76. The molecule has 30 heavy (non-hydrogen) atoms. The van der Waals surface area contributed by atoms with Crippen molar-refractivity contribution in [3.05, 3.63) is 69.8 Å². The average Bonchev–Trinajstić information content (AvgIpc) is 2.79. The molecule has 0 unspecified atom stereocenters. The molecule has 0 saturated carbocycles. The van der Waals surface area contributed by atoms with Gasteiger partial charge in [-0.25, -0.2) is 9.37 Å². The van der Waals surface area contributed by atoms with Gasteiger partial charge in [-0.05, 0) is 18.6 Å². The first-order valence-electron chi connectivity index (χ1n) is 10.1. The molecule has 0 aliphatic carbocycles. The first kappa shape index (κ1) is 20.0. The van der Waals surface area contributed by atoms with Crippen molar-refractivity contribution in [2.24, 2.45) is 0 Å². The Morgan fingerprint density at radius 3 is 2.67 bits per heavy atom. The van der Waals surface area contributed by atoms with Crippen LogP contribution in [0, 0.1) is 5.82 Å². The first-order chi connectivity index (χ1) is 14.6. The highest BCUT2D eigenvalue weighted by Gasteiger charge is 2.21. The van der Waals surface area contributed by atoms with Crippen molar-refractivity contribution in [2.45, 2.75) is 20.0 Å². The van der Waals surface area contributed by atoms with Gasteiger partial charge < -0.3 is 20.1 Å². The standard InChI is InChI=1S/C22H24FN5O2/c1-2-27-14-17(22(30)25-13-15-6-4-3-5-7-15)19(29)16-12-18(23)21(26-20(16)27)28-10-8-24-9-11-28/h3-7,12,14,24H,2,8-11,13H2,1H3,(H,25,30). The minimum Gasteiger partial charge on any atom is -0.352 e. The highest BCUT2D eigenvalue weighted by Crippen LogP contribution is 2.22. The number of aryl methyl sites for hydroxylation is 1. The minimum atomic E-state index is -0.550. The molecule has 156 valence electrons. The molecule has 0 spiro atoms. The fourth-order valence-corrected chi connectivity index (χ4v) is 3.65. The second kappa shape index (κ2) is 8.62. The number of carbonyl (C=O) groups excluding carboxylic acids is 1. The lowest BCUT2D eigenvalue weighted by atomic mass is 10.1. The van der Waals surface area contributed by atoms with Crippen LogP contribution in [0.1, 0.15) is 22.8 Å². The number of rotatable bonds is 5. The van der Waals surface area contributed by atoms with E-state index in [1.165, 1.54) is 12.3 Å². The van der Waals surface area contributed by atoms with E-state index < -0.39 is 17.2 Å². The second-order valence-corrected chi connectivity index (χ2v) is 7.23. The fourth-order valence-electron chi connectivity index (χ4n) is 3.65. The zero-order chi connectivity index (χ0) is 21.1. The van der Waals surface area contributed by atoms with Gasteiger partial charge in [0.15, 0.2) is 11.6 Å². The van der Waals surface area contributed by atoms with Crippen molar-refractivity contribution in [1.29, 1.82) is 0 Å². The molecule has 1 aromatic carbocycles. The Hall–Kier alpha value is -3.26. The molecule has 0 bridgehead atoms. The van der Waals surface area contributed by atoms with Crippen LogP contribution in [0.4, 0.5) is 10.2 Å². The summed E-state index contributed by atoms with van der Waals surface area (Å²) in [6.45, 7) is 5.48. The number of hydrogen-bond acceptors (Lipinski definition) is 5. The van der Waals surface area contributed by atoms with Crippen molar-refractivity contribution in [3.8, 4) is 0 Å². The van der Waals surface area contributed by atoms with Crippen molar-refractivity contribution < 1.29 is 9.18 Å². The second-order valence-electron chi connectivity index (χ2n) is 7.23. The Morgan fingerprint density at radius 1 is 1.23 bits per heavy atom. The lowest BCUT2D eigenvalue weighted by molar-refractivity contribution is 0.0949. The average molecular weight is 409 g/mol. The van der Waals surface area contributed by atoms with Gasteiger partial charge >= 0.3 is 0 Å². The lowest BCUT2D eigenvalue weighted by Crippen LogP contribution is -2.44. The number of amides is 1. The number of anilines is 1. The fraction of sp³-hybridized carbons (Fsp3) is 0.318. The molecular weight excluding hydrogens is 385 g/mol. The van der Waals surface area contributed by atoms with E-state index in [1.54, 1.807) is 4.57 Å². The van der Waals surface area contributed by atoms with Gasteiger partial charge in [-0.1, -0.05) is 30.3 Å². The van der Waals surface area contributed by atoms with Gasteiger partial charge in [0.25, 0.3) is 5.91 Å². The quantitative estimate of drug-likeness (QED) is 0.673. The van der Waals surface area contributed by atoms with Crippen molar-refractivity contribution >= 4 is 22.8 Å². The van der Waals surface area contributed by atoms with Crippen molar-refractivity contribution in [2.75, 3.05) is 31.1 Å². The van der Waals surface area contributed by atoms with Crippen molar-refractivity contribution in [1.82, 2.24) is 20.2 Å². The summed E-state index contributed by atoms with van der Waals surface area (Å²) in [5.41, 5.74) is 0.780. The molecule has 1 aliphatic rings. The van der Waals surface area contributed by atoms with Gasteiger partial charge in [-0.15, -0.1) is 0 Å². The molecule has 0 atom stereocenters. The summed E-state index contributed by atoms with van der Waals surface area (Å²) >= 11 is 0. The number of piperazine rings is 1. The summed E-state index contributed by atoms with van der Waals surface area (Å²) in [7, 11) is 0. The van der Waals surface area contributed by atoms with Crippen LogP contribution >= 0.6 is 0 Å². The number of nitrogens with one attached hydrogen (secondary N) is 2. The van der Waals surface area contributed by atoms with Crippen LogP contribution in [-0.2, 0) is 13.1 Å². The van der Waals surface area contributed by atoms with Crippen LogP contribution in [0.5, 0.6) is 0 Å². The van der Waals surface area contributed by atoms with E-state index in [1.807, 2.05) is 42.2 Å². The molecule has 8 heteroatoms. The van der Waals surface area contributed by atoms with Gasteiger partial charge in [0, 0.05) is 45.5 Å². The number of carbonyl (C=O) groups is 1. The van der Waals surface area contributed by atoms with E-state index in [2.05, 4.69) is 15.6 Å². The summed E-state index contributed by atoms with van der Waals surface area (Å²) in [4.78, 5) is 32.0. The molecule has 7 nitrogen and oxygen atoms in total. The molecule has 3 aromatic rings. The number of pyridine rings is 2. The highest BCUT2D eigenvalue weighted by molar-refractivity contribution is 5.97. The predicted octanol–water partition coefficient (Wildman–Crippen LogP) is 1.90. The van der Waals surface area contributed by atoms with Crippen LogP contribution < -0.4 is 21.0 Å². The van der Waals surface area contributed by atoms with E-state index in [4.69, 9.17) is 0 Å². The third-order valence-corrected chi connectivity index (χ3v) is 5.28. The smallest absolute Gasteiger partial charge is 0.257 e. The molecular formula is C22H24FN5O2. The van der Waals surface area contributed by atoms with Crippen LogP contribution in [-0.4, -0.2) is 41.6 Å². The van der Waals surface area contributed by atoms with Gasteiger partial charge in [-0.3, -0.25) is 9.59 Å². The highest BCUT2D eigenvalue weighted by atomic mass is 19.1. The number of fused-ring (bicyclic) bond motifs is 1.